The monoisotopic (exact) mass is 256 g/mol. The third-order valence-corrected chi connectivity index (χ3v) is 3.86. The molecule has 0 amide bonds. The second-order valence-electron chi connectivity index (χ2n) is 5.53. The van der Waals surface area contributed by atoms with Gasteiger partial charge in [0.1, 0.15) is 0 Å². The lowest BCUT2D eigenvalue weighted by atomic mass is 9.89. The molecule has 0 saturated heterocycles. The van der Waals surface area contributed by atoms with Crippen LogP contribution in [0.5, 0.6) is 0 Å². The van der Waals surface area contributed by atoms with Crippen LogP contribution in [0.25, 0.3) is 0 Å². The van der Waals surface area contributed by atoms with E-state index < -0.39 is 0 Å². The Bertz CT molecular complexity index is 446. The molecule has 0 bridgehead atoms. The number of hydrogen-bond acceptors (Lipinski definition) is 1. The van der Waals surface area contributed by atoms with Gasteiger partial charge in [0, 0.05) is 11.5 Å². The van der Waals surface area contributed by atoms with Crippen molar-refractivity contribution in [3.05, 3.63) is 35.4 Å². The molecular formula is C18H24O. The molecule has 1 aromatic carbocycles. The predicted octanol–water partition coefficient (Wildman–Crippen LogP) is 4.45. The smallest absolute Gasteiger partial charge is 0.0790 e. The highest BCUT2D eigenvalue weighted by molar-refractivity contribution is 5.38. The van der Waals surface area contributed by atoms with Crippen LogP contribution in [0.15, 0.2) is 24.3 Å². The highest BCUT2D eigenvalue weighted by atomic mass is 16.3. The SMILES string of the molecule is CCCC(O)c1cccc(C#CC2CCCCC2)c1. The first-order valence-corrected chi connectivity index (χ1v) is 7.59. The van der Waals surface area contributed by atoms with Crippen LogP contribution in [-0.4, -0.2) is 5.11 Å². The molecule has 1 atom stereocenters. The van der Waals surface area contributed by atoms with Crippen molar-refractivity contribution in [2.45, 2.75) is 58.0 Å². The number of aliphatic hydroxyl groups excluding tert-OH is 1. The molecule has 19 heavy (non-hydrogen) atoms. The first-order chi connectivity index (χ1) is 9.29. The zero-order chi connectivity index (χ0) is 13.5. The van der Waals surface area contributed by atoms with Crippen LogP contribution in [0.2, 0.25) is 0 Å². The lowest BCUT2D eigenvalue weighted by Crippen LogP contribution is -2.03. The van der Waals surface area contributed by atoms with E-state index in [0.717, 1.165) is 24.0 Å². The molecule has 1 unspecified atom stereocenters. The molecule has 102 valence electrons. The van der Waals surface area contributed by atoms with E-state index in [1.807, 2.05) is 24.3 Å². The van der Waals surface area contributed by atoms with E-state index in [-0.39, 0.29) is 6.10 Å². The first kappa shape index (κ1) is 14.2. The van der Waals surface area contributed by atoms with Gasteiger partial charge >= 0.3 is 0 Å². The highest BCUT2D eigenvalue weighted by Crippen LogP contribution is 2.23. The fourth-order valence-electron chi connectivity index (χ4n) is 2.70. The Morgan fingerprint density at radius 3 is 2.79 bits per heavy atom. The Morgan fingerprint density at radius 2 is 2.05 bits per heavy atom. The van der Waals surface area contributed by atoms with Crippen molar-refractivity contribution in [2.24, 2.45) is 5.92 Å². The molecule has 0 radical (unpaired) electrons. The van der Waals surface area contributed by atoms with Crippen LogP contribution in [-0.2, 0) is 0 Å². The lowest BCUT2D eigenvalue weighted by Gasteiger charge is -2.15. The van der Waals surface area contributed by atoms with E-state index >= 15 is 0 Å². The molecule has 0 heterocycles. The minimum absolute atomic E-state index is 0.346. The summed E-state index contributed by atoms with van der Waals surface area (Å²) in [5.74, 6) is 7.28. The maximum Gasteiger partial charge on any atom is 0.0790 e. The van der Waals surface area contributed by atoms with Crippen molar-refractivity contribution >= 4 is 0 Å². The average molecular weight is 256 g/mol. The summed E-state index contributed by atoms with van der Waals surface area (Å²) in [7, 11) is 0. The maximum atomic E-state index is 10.0. The van der Waals surface area contributed by atoms with Crippen LogP contribution in [0.3, 0.4) is 0 Å². The van der Waals surface area contributed by atoms with Gasteiger partial charge in [-0.1, -0.05) is 56.6 Å². The summed E-state index contributed by atoms with van der Waals surface area (Å²) in [4.78, 5) is 0. The molecule has 2 rings (SSSR count). The largest absolute Gasteiger partial charge is 0.388 e. The third kappa shape index (κ3) is 4.40. The van der Waals surface area contributed by atoms with Crippen LogP contribution in [0.1, 0.15) is 69.1 Å². The summed E-state index contributed by atoms with van der Waals surface area (Å²) in [6.45, 7) is 2.09. The normalized spacial score (nSPS) is 17.6. The van der Waals surface area contributed by atoms with Gasteiger partial charge in [0.05, 0.1) is 6.10 Å². The average Bonchev–Trinajstić information content (AvgIpc) is 2.47. The third-order valence-electron chi connectivity index (χ3n) is 3.86. The van der Waals surface area contributed by atoms with Crippen molar-refractivity contribution < 1.29 is 5.11 Å². The minimum atomic E-state index is -0.346. The van der Waals surface area contributed by atoms with Crippen molar-refractivity contribution in [3.63, 3.8) is 0 Å². The molecule has 1 N–H and O–H groups in total. The summed E-state index contributed by atoms with van der Waals surface area (Å²) < 4.78 is 0. The van der Waals surface area contributed by atoms with E-state index in [9.17, 15) is 5.11 Å². The van der Waals surface area contributed by atoms with Crippen molar-refractivity contribution in [1.29, 1.82) is 0 Å². The van der Waals surface area contributed by atoms with Gasteiger partial charge in [0.2, 0.25) is 0 Å². The second-order valence-corrected chi connectivity index (χ2v) is 5.53. The van der Waals surface area contributed by atoms with E-state index in [0.29, 0.717) is 5.92 Å². The summed E-state index contributed by atoms with van der Waals surface area (Å²) in [6.07, 6.45) is 8.01. The molecule has 1 aliphatic carbocycles. The van der Waals surface area contributed by atoms with Gasteiger partial charge in [-0.15, -0.1) is 0 Å². The van der Waals surface area contributed by atoms with Crippen LogP contribution < -0.4 is 0 Å². The van der Waals surface area contributed by atoms with E-state index in [1.165, 1.54) is 32.1 Å². The Hall–Kier alpha value is -1.26. The van der Waals surface area contributed by atoms with Crippen LogP contribution >= 0.6 is 0 Å². The zero-order valence-electron chi connectivity index (χ0n) is 11.9. The molecule has 1 aliphatic rings. The molecule has 0 aromatic heterocycles. The van der Waals surface area contributed by atoms with E-state index in [2.05, 4.69) is 18.8 Å². The van der Waals surface area contributed by atoms with Crippen molar-refractivity contribution in [1.82, 2.24) is 0 Å². The minimum Gasteiger partial charge on any atom is -0.388 e. The second kappa shape index (κ2) is 7.36. The quantitative estimate of drug-likeness (QED) is 0.792. The Kier molecular flexibility index (Phi) is 5.48. The zero-order valence-corrected chi connectivity index (χ0v) is 11.9. The Labute approximate surface area is 117 Å². The van der Waals surface area contributed by atoms with Crippen molar-refractivity contribution in [3.8, 4) is 11.8 Å². The van der Waals surface area contributed by atoms with Gasteiger partial charge in [-0.05, 0) is 37.0 Å². The summed E-state index contributed by atoms with van der Waals surface area (Å²) >= 11 is 0. The molecule has 1 aromatic rings. The summed E-state index contributed by atoms with van der Waals surface area (Å²) in [5, 5.41) is 10.0. The van der Waals surface area contributed by atoms with Crippen molar-refractivity contribution in [2.75, 3.05) is 0 Å². The van der Waals surface area contributed by atoms with Crippen LogP contribution in [0.4, 0.5) is 0 Å². The van der Waals surface area contributed by atoms with Gasteiger partial charge in [0.15, 0.2) is 0 Å². The number of rotatable bonds is 3. The fourth-order valence-corrected chi connectivity index (χ4v) is 2.70. The molecule has 1 heteroatoms. The maximum absolute atomic E-state index is 10.0. The number of hydrogen-bond donors (Lipinski definition) is 1. The highest BCUT2D eigenvalue weighted by Gasteiger charge is 2.10. The molecule has 1 saturated carbocycles. The summed E-state index contributed by atoms with van der Waals surface area (Å²) in [6, 6.07) is 8.07. The molecular weight excluding hydrogens is 232 g/mol. The van der Waals surface area contributed by atoms with E-state index in [1.54, 1.807) is 0 Å². The summed E-state index contributed by atoms with van der Waals surface area (Å²) in [5.41, 5.74) is 2.04. The first-order valence-electron chi connectivity index (χ1n) is 7.59. The van der Waals surface area contributed by atoms with Crippen LogP contribution in [0, 0.1) is 17.8 Å². The molecule has 0 spiro atoms. The van der Waals surface area contributed by atoms with E-state index in [4.69, 9.17) is 0 Å². The van der Waals surface area contributed by atoms with Gasteiger partial charge in [-0.3, -0.25) is 0 Å². The van der Waals surface area contributed by atoms with Gasteiger partial charge in [-0.2, -0.15) is 0 Å². The predicted molar refractivity (Wildman–Crippen MR) is 79.8 cm³/mol. The fraction of sp³-hybridized carbons (Fsp3) is 0.556. The standard InChI is InChI=1S/C18H24O/c1-2-7-18(19)17-11-6-10-16(14-17)13-12-15-8-4-3-5-9-15/h6,10-11,14-15,18-19H,2-5,7-9H2,1H3. The lowest BCUT2D eigenvalue weighted by molar-refractivity contribution is 0.166. The molecule has 1 nitrogen and oxygen atoms in total. The van der Waals surface area contributed by atoms with Gasteiger partial charge < -0.3 is 5.11 Å². The molecule has 1 fully saturated rings. The topological polar surface area (TPSA) is 20.2 Å². The van der Waals surface area contributed by atoms with Gasteiger partial charge in [0.25, 0.3) is 0 Å². The Balaban J connectivity index is 2.04. The number of benzene rings is 1. The number of aliphatic hydroxyl groups is 1. The van der Waals surface area contributed by atoms with Gasteiger partial charge in [-0.25, -0.2) is 0 Å². The Morgan fingerprint density at radius 1 is 1.26 bits per heavy atom. The molecule has 0 aliphatic heterocycles.